The van der Waals surface area contributed by atoms with Gasteiger partial charge in [-0.05, 0) is 11.5 Å². The minimum absolute atomic E-state index is 0.205. The largest absolute Gasteiger partial charge is 0.481 e. The molecule has 2 N–H and O–H groups in total. The van der Waals surface area contributed by atoms with E-state index in [0.29, 0.717) is 0 Å². The minimum Gasteiger partial charge on any atom is -0.481 e. The first kappa shape index (κ1) is 14.2. The second-order valence-corrected chi connectivity index (χ2v) is 4.30. The Morgan fingerprint density at radius 2 is 1.89 bits per heavy atom. The van der Waals surface area contributed by atoms with Crippen LogP contribution in [0, 0.1) is 11.8 Å². The van der Waals surface area contributed by atoms with E-state index in [2.05, 4.69) is 5.48 Å². The van der Waals surface area contributed by atoms with E-state index in [-0.39, 0.29) is 12.5 Å². The number of hydrogen-bond donors (Lipinski definition) is 2. The second kappa shape index (κ2) is 6.76. The summed E-state index contributed by atoms with van der Waals surface area (Å²) in [6.07, 6.45) is 0. The molecular formula is C13H17NO4. The van der Waals surface area contributed by atoms with Crippen LogP contribution in [0.3, 0.4) is 0 Å². The molecule has 1 amide bonds. The highest BCUT2D eigenvalue weighted by atomic mass is 16.6. The topological polar surface area (TPSA) is 75.6 Å². The van der Waals surface area contributed by atoms with E-state index in [0.717, 1.165) is 5.56 Å². The van der Waals surface area contributed by atoms with Gasteiger partial charge in [-0.1, -0.05) is 44.2 Å². The third-order valence-corrected chi connectivity index (χ3v) is 2.47. The molecule has 0 fully saturated rings. The van der Waals surface area contributed by atoms with Gasteiger partial charge in [0.1, 0.15) is 5.92 Å². The summed E-state index contributed by atoms with van der Waals surface area (Å²) < 4.78 is 0. The van der Waals surface area contributed by atoms with Crippen LogP contribution in [-0.2, 0) is 21.0 Å². The normalized spacial score (nSPS) is 12.2. The molecule has 0 unspecified atom stereocenters. The van der Waals surface area contributed by atoms with Gasteiger partial charge in [-0.2, -0.15) is 0 Å². The standard InChI is InChI=1S/C13H17NO4/c1-9(2)11(13(16)17)12(15)14-18-8-10-6-4-3-5-7-10/h3-7,9,11H,8H2,1-2H3,(H,14,15)(H,16,17)/t11-/m0/s1. The summed E-state index contributed by atoms with van der Waals surface area (Å²) in [5.41, 5.74) is 3.07. The highest BCUT2D eigenvalue weighted by Gasteiger charge is 2.29. The Morgan fingerprint density at radius 1 is 1.28 bits per heavy atom. The van der Waals surface area contributed by atoms with Crippen LogP contribution < -0.4 is 5.48 Å². The summed E-state index contributed by atoms with van der Waals surface area (Å²) >= 11 is 0. The lowest BCUT2D eigenvalue weighted by Crippen LogP contribution is -2.38. The number of hydrogen-bond acceptors (Lipinski definition) is 3. The molecular weight excluding hydrogens is 234 g/mol. The lowest BCUT2D eigenvalue weighted by atomic mass is 9.95. The van der Waals surface area contributed by atoms with Crippen LogP contribution in [0.1, 0.15) is 19.4 Å². The Hall–Kier alpha value is -1.88. The summed E-state index contributed by atoms with van der Waals surface area (Å²) in [7, 11) is 0. The molecule has 1 aromatic rings. The van der Waals surface area contributed by atoms with E-state index >= 15 is 0 Å². The highest BCUT2D eigenvalue weighted by molar-refractivity contribution is 5.96. The van der Waals surface area contributed by atoms with Crippen LogP contribution in [0.5, 0.6) is 0 Å². The molecule has 0 aliphatic heterocycles. The smallest absolute Gasteiger partial charge is 0.316 e. The minimum atomic E-state index is -1.15. The molecule has 0 aromatic heterocycles. The lowest BCUT2D eigenvalue weighted by molar-refractivity contribution is -0.154. The molecule has 98 valence electrons. The second-order valence-electron chi connectivity index (χ2n) is 4.30. The zero-order chi connectivity index (χ0) is 13.5. The van der Waals surface area contributed by atoms with Gasteiger partial charge < -0.3 is 5.11 Å². The predicted molar refractivity (Wildman–Crippen MR) is 65.3 cm³/mol. The van der Waals surface area contributed by atoms with Gasteiger partial charge in [0.15, 0.2) is 0 Å². The molecule has 18 heavy (non-hydrogen) atoms. The summed E-state index contributed by atoms with van der Waals surface area (Å²) in [5, 5.41) is 8.91. The predicted octanol–water partition coefficient (Wildman–Crippen LogP) is 1.59. The van der Waals surface area contributed by atoms with Crippen molar-refractivity contribution in [1.29, 1.82) is 0 Å². The van der Waals surface area contributed by atoms with Gasteiger partial charge in [-0.25, -0.2) is 5.48 Å². The van der Waals surface area contributed by atoms with E-state index < -0.39 is 17.8 Å². The van der Waals surface area contributed by atoms with Crippen molar-refractivity contribution in [3.63, 3.8) is 0 Å². The van der Waals surface area contributed by atoms with Gasteiger partial charge in [0, 0.05) is 0 Å². The number of benzene rings is 1. The first-order valence-electron chi connectivity index (χ1n) is 5.70. The molecule has 1 aromatic carbocycles. The van der Waals surface area contributed by atoms with Crippen molar-refractivity contribution in [3.8, 4) is 0 Å². The van der Waals surface area contributed by atoms with Crippen molar-refractivity contribution >= 4 is 11.9 Å². The molecule has 0 aliphatic rings. The Labute approximate surface area is 106 Å². The number of rotatable bonds is 6. The number of nitrogens with one attached hydrogen (secondary N) is 1. The molecule has 0 radical (unpaired) electrons. The lowest BCUT2D eigenvalue weighted by Gasteiger charge is -2.15. The average Bonchev–Trinajstić information content (AvgIpc) is 2.29. The Balaban J connectivity index is 2.43. The third-order valence-electron chi connectivity index (χ3n) is 2.47. The maximum absolute atomic E-state index is 11.6. The number of carbonyl (C=O) groups excluding carboxylic acids is 1. The SMILES string of the molecule is CC(C)[C@H](C(=O)O)C(=O)NOCc1ccccc1. The van der Waals surface area contributed by atoms with Crippen molar-refractivity contribution in [2.24, 2.45) is 11.8 Å². The van der Waals surface area contributed by atoms with Gasteiger partial charge in [-0.15, -0.1) is 0 Å². The summed E-state index contributed by atoms with van der Waals surface area (Å²) in [6.45, 7) is 3.56. The molecule has 0 bridgehead atoms. The average molecular weight is 251 g/mol. The van der Waals surface area contributed by atoms with E-state index in [1.807, 2.05) is 30.3 Å². The first-order valence-corrected chi connectivity index (χ1v) is 5.70. The molecule has 0 heterocycles. The van der Waals surface area contributed by atoms with Crippen LogP contribution in [0.15, 0.2) is 30.3 Å². The van der Waals surface area contributed by atoms with Crippen molar-refractivity contribution in [2.75, 3.05) is 0 Å². The van der Waals surface area contributed by atoms with E-state index in [9.17, 15) is 9.59 Å². The molecule has 1 rings (SSSR count). The van der Waals surface area contributed by atoms with Crippen molar-refractivity contribution < 1.29 is 19.5 Å². The van der Waals surface area contributed by atoms with Gasteiger partial charge in [0.05, 0.1) is 6.61 Å². The van der Waals surface area contributed by atoms with Crippen LogP contribution in [0.4, 0.5) is 0 Å². The summed E-state index contributed by atoms with van der Waals surface area (Å²) in [4.78, 5) is 27.5. The highest BCUT2D eigenvalue weighted by Crippen LogP contribution is 2.11. The van der Waals surface area contributed by atoms with E-state index in [4.69, 9.17) is 9.94 Å². The van der Waals surface area contributed by atoms with Crippen molar-refractivity contribution in [1.82, 2.24) is 5.48 Å². The monoisotopic (exact) mass is 251 g/mol. The maximum atomic E-state index is 11.6. The molecule has 1 atom stereocenters. The Kier molecular flexibility index (Phi) is 5.32. The fourth-order valence-corrected chi connectivity index (χ4v) is 1.53. The van der Waals surface area contributed by atoms with E-state index in [1.54, 1.807) is 13.8 Å². The molecule has 0 spiro atoms. The molecule has 5 nitrogen and oxygen atoms in total. The van der Waals surface area contributed by atoms with Crippen molar-refractivity contribution in [3.05, 3.63) is 35.9 Å². The number of hydroxylamine groups is 1. The molecule has 0 saturated heterocycles. The fraction of sp³-hybridized carbons (Fsp3) is 0.385. The number of amides is 1. The zero-order valence-electron chi connectivity index (χ0n) is 10.4. The van der Waals surface area contributed by atoms with Crippen molar-refractivity contribution in [2.45, 2.75) is 20.5 Å². The van der Waals surface area contributed by atoms with Crippen LogP contribution in [0.25, 0.3) is 0 Å². The van der Waals surface area contributed by atoms with Gasteiger partial charge in [-0.3, -0.25) is 14.4 Å². The zero-order valence-corrected chi connectivity index (χ0v) is 10.4. The molecule has 0 saturated carbocycles. The first-order chi connectivity index (χ1) is 8.52. The van der Waals surface area contributed by atoms with E-state index in [1.165, 1.54) is 0 Å². The fourth-order valence-electron chi connectivity index (χ4n) is 1.53. The molecule has 5 heteroatoms. The summed E-state index contributed by atoms with van der Waals surface area (Å²) in [5.74, 6) is -3.16. The van der Waals surface area contributed by atoms with Gasteiger partial charge in [0.2, 0.25) is 0 Å². The molecule has 0 aliphatic carbocycles. The Bertz CT molecular complexity index is 403. The Morgan fingerprint density at radius 3 is 2.39 bits per heavy atom. The number of carbonyl (C=O) groups is 2. The quantitative estimate of drug-likeness (QED) is 0.594. The van der Waals surface area contributed by atoms with Gasteiger partial charge >= 0.3 is 5.97 Å². The van der Waals surface area contributed by atoms with Crippen LogP contribution >= 0.6 is 0 Å². The van der Waals surface area contributed by atoms with Crippen LogP contribution in [0.2, 0.25) is 0 Å². The van der Waals surface area contributed by atoms with Gasteiger partial charge in [0.25, 0.3) is 5.91 Å². The summed E-state index contributed by atoms with van der Waals surface area (Å²) in [6, 6.07) is 9.29. The maximum Gasteiger partial charge on any atom is 0.316 e. The third kappa shape index (κ3) is 4.18. The number of carboxylic acids is 1. The number of carboxylic acid groups (broad SMARTS) is 1. The van der Waals surface area contributed by atoms with Crippen LogP contribution in [-0.4, -0.2) is 17.0 Å². The number of aliphatic carboxylic acids is 1.